The van der Waals surface area contributed by atoms with Crippen molar-refractivity contribution in [2.24, 2.45) is 0 Å². The first kappa shape index (κ1) is 27.1. The number of imide groups is 1. The maximum Gasteiger partial charge on any atom is 0.339 e. The van der Waals surface area contributed by atoms with Crippen LogP contribution < -0.4 is 13.7 Å². The molecule has 0 atom stereocenters. The van der Waals surface area contributed by atoms with E-state index in [9.17, 15) is 18.0 Å². The summed E-state index contributed by atoms with van der Waals surface area (Å²) in [5.41, 5.74) is 0.573. The summed E-state index contributed by atoms with van der Waals surface area (Å²) >= 11 is 9.98. The fraction of sp³-hybridized carbons (Fsp3) is 0.120. The first-order valence-electron chi connectivity index (χ1n) is 10.7. The molecular weight excluding hydrogens is 606 g/mol. The van der Waals surface area contributed by atoms with Crippen LogP contribution in [0.3, 0.4) is 0 Å². The first-order chi connectivity index (χ1) is 17.7. The standard InChI is InChI=1S/C25H19BrClNO7S2/c1-33-18-7-9-20(10-8-18)37(31,32)35-22-11-2-16(14-21(22)26)15-23-24(29)28(25(30)36-23)12-13-34-19-5-3-17(27)4-6-19/h2-11,14-15H,12-13H2,1H3/b23-15-. The minimum absolute atomic E-state index is 0.0296. The third-order valence-electron chi connectivity index (χ3n) is 5.07. The van der Waals surface area contributed by atoms with Gasteiger partial charge in [-0.2, -0.15) is 8.42 Å². The van der Waals surface area contributed by atoms with Crippen LogP contribution in [0.1, 0.15) is 5.56 Å². The molecule has 8 nitrogen and oxygen atoms in total. The molecule has 3 aromatic rings. The lowest BCUT2D eigenvalue weighted by molar-refractivity contribution is -0.123. The summed E-state index contributed by atoms with van der Waals surface area (Å²) in [6.45, 7) is 0.220. The molecule has 4 rings (SSSR count). The second kappa shape index (κ2) is 11.6. The van der Waals surface area contributed by atoms with Crippen LogP contribution in [0.15, 0.2) is 81.0 Å². The number of amides is 2. The van der Waals surface area contributed by atoms with Crippen molar-refractivity contribution < 1.29 is 31.7 Å². The van der Waals surface area contributed by atoms with Gasteiger partial charge in [0.2, 0.25) is 0 Å². The van der Waals surface area contributed by atoms with E-state index in [0.29, 0.717) is 26.6 Å². The van der Waals surface area contributed by atoms with E-state index in [1.165, 1.54) is 37.4 Å². The molecule has 1 saturated heterocycles. The molecule has 0 radical (unpaired) electrons. The zero-order chi connectivity index (χ0) is 26.6. The number of ether oxygens (including phenoxy) is 2. The summed E-state index contributed by atoms with van der Waals surface area (Å²) in [6, 6.07) is 17.2. The van der Waals surface area contributed by atoms with E-state index in [2.05, 4.69) is 15.9 Å². The molecule has 0 saturated carbocycles. The van der Waals surface area contributed by atoms with E-state index >= 15 is 0 Å². The summed E-state index contributed by atoms with van der Waals surface area (Å²) in [6.07, 6.45) is 1.55. The Bertz CT molecular complexity index is 1460. The van der Waals surface area contributed by atoms with Gasteiger partial charge in [-0.05, 0) is 100.0 Å². The molecule has 2 amide bonds. The number of methoxy groups -OCH3 is 1. The Hall–Kier alpha value is -2.99. The molecule has 1 aliphatic heterocycles. The summed E-state index contributed by atoms with van der Waals surface area (Å²) < 4.78 is 41.5. The summed E-state index contributed by atoms with van der Waals surface area (Å²) in [4.78, 5) is 26.5. The highest BCUT2D eigenvalue weighted by atomic mass is 79.9. The number of benzene rings is 3. The highest BCUT2D eigenvalue weighted by molar-refractivity contribution is 9.10. The van der Waals surface area contributed by atoms with Crippen molar-refractivity contribution in [1.29, 1.82) is 0 Å². The van der Waals surface area contributed by atoms with Gasteiger partial charge in [-0.15, -0.1) is 0 Å². The van der Waals surface area contributed by atoms with E-state index in [1.807, 2.05) is 0 Å². The smallest absolute Gasteiger partial charge is 0.339 e. The topological polar surface area (TPSA) is 99.2 Å². The van der Waals surface area contributed by atoms with Crippen molar-refractivity contribution in [3.05, 3.63) is 86.7 Å². The second-order valence-corrected chi connectivity index (χ2v) is 11.4. The van der Waals surface area contributed by atoms with Gasteiger partial charge < -0.3 is 13.7 Å². The molecule has 1 fully saturated rings. The van der Waals surface area contributed by atoms with Crippen LogP contribution in [0.4, 0.5) is 4.79 Å². The number of nitrogens with zero attached hydrogens (tertiary/aromatic N) is 1. The normalized spacial score (nSPS) is 14.8. The predicted octanol–water partition coefficient (Wildman–Crippen LogP) is 5.99. The minimum Gasteiger partial charge on any atom is -0.497 e. The van der Waals surface area contributed by atoms with Gasteiger partial charge in [-0.3, -0.25) is 14.5 Å². The number of rotatable bonds is 9. The zero-order valence-electron chi connectivity index (χ0n) is 19.2. The Morgan fingerprint density at radius 1 is 1.00 bits per heavy atom. The molecule has 3 aromatic carbocycles. The Kier molecular flexibility index (Phi) is 8.48. The van der Waals surface area contributed by atoms with Crippen molar-refractivity contribution in [1.82, 2.24) is 4.90 Å². The minimum atomic E-state index is -4.08. The van der Waals surface area contributed by atoms with E-state index in [0.717, 1.165) is 16.7 Å². The van der Waals surface area contributed by atoms with Gasteiger partial charge in [0.1, 0.15) is 23.0 Å². The lowest BCUT2D eigenvalue weighted by Crippen LogP contribution is -2.32. The Labute approximate surface area is 231 Å². The number of thioether (sulfide) groups is 1. The molecule has 0 unspecified atom stereocenters. The van der Waals surface area contributed by atoms with Crippen molar-refractivity contribution >= 4 is 66.6 Å². The van der Waals surface area contributed by atoms with E-state index in [-0.39, 0.29) is 28.7 Å². The van der Waals surface area contributed by atoms with Crippen LogP contribution in [0, 0.1) is 0 Å². The van der Waals surface area contributed by atoms with Gasteiger partial charge >= 0.3 is 10.1 Å². The molecule has 192 valence electrons. The number of carbonyl (C=O) groups is 2. The van der Waals surface area contributed by atoms with Crippen LogP contribution in [-0.4, -0.2) is 44.7 Å². The zero-order valence-corrected chi connectivity index (χ0v) is 23.2. The molecule has 37 heavy (non-hydrogen) atoms. The third-order valence-corrected chi connectivity index (χ3v) is 8.10. The average molecular weight is 625 g/mol. The van der Waals surface area contributed by atoms with Crippen molar-refractivity contribution in [2.75, 3.05) is 20.3 Å². The monoisotopic (exact) mass is 623 g/mol. The van der Waals surface area contributed by atoms with Crippen LogP contribution in [-0.2, 0) is 14.9 Å². The summed E-state index contributed by atoms with van der Waals surface area (Å²) in [5.74, 6) is 0.727. The lowest BCUT2D eigenvalue weighted by atomic mass is 10.2. The molecule has 0 aromatic heterocycles. The summed E-state index contributed by atoms with van der Waals surface area (Å²) in [7, 11) is -2.60. The van der Waals surface area contributed by atoms with Crippen molar-refractivity contribution in [3.8, 4) is 17.2 Å². The van der Waals surface area contributed by atoms with Crippen molar-refractivity contribution in [3.63, 3.8) is 0 Å². The highest BCUT2D eigenvalue weighted by Gasteiger charge is 2.34. The number of hydrogen-bond acceptors (Lipinski definition) is 8. The molecule has 0 N–H and O–H groups in total. The first-order valence-corrected chi connectivity index (χ1v) is 14.1. The quantitative estimate of drug-likeness (QED) is 0.211. The number of hydrogen-bond donors (Lipinski definition) is 0. The largest absolute Gasteiger partial charge is 0.497 e. The fourth-order valence-electron chi connectivity index (χ4n) is 3.21. The van der Waals surface area contributed by atoms with Gasteiger partial charge in [0.25, 0.3) is 11.1 Å². The molecule has 0 aliphatic carbocycles. The maximum atomic E-state index is 12.8. The number of halogens is 2. The molecular formula is C25H19BrClNO7S2. The Morgan fingerprint density at radius 2 is 1.68 bits per heavy atom. The van der Waals surface area contributed by atoms with E-state index < -0.39 is 21.3 Å². The molecule has 1 aliphatic rings. The summed E-state index contributed by atoms with van der Waals surface area (Å²) in [5, 5.41) is 0.175. The van der Waals surface area contributed by atoms with Crippen LogP contribution in [0.2, 0.25) is 5.02 Å². The predicted molar refractivity (Wildman–Crippen MR) is 145 cm³/mol. The molecule has 0 spiro atoms. The highest BCUT2D eigenvalue weighted by Crippen LogP contribution is 2.34. The SMILES string of the molecule is COc1ccc(S(=O)(=O)Oc2ccc(/C=C3\SC(=O)N(CCOc4ccc(Cl)cc4)C3=O)cc2Br)cc1. The molecule has 1 heterocycles. The molecule has 12 heteroatoms. The van der Waals surface area contributed by atoms with E-state index in [1.54, 1.807) is 42.5 Å². The van der Waals surface area contributed by atoms with Gasteiger partial charge in [-0.25, -0.2) is 0 Å². The number of carbonyl (C=O) groups excluding carboxylic acids is 2. The molecule has 0 bridgehead atoms. The van der Waals surface area contributed by atoms with Gasteiger partial charge in [0, 0.05) is 5.02 Å². The maximum absolute atomic E-state index is 12.8. The van der Waals surface area contributed by atoms with Gasteiger partial charge in [0.15, 0.2) is 5.75 Å². The lowest BCUT2D eigenvalue weighted by Gasteiger charge is -2.13. The average Bonchev–Trinajstić information content (AvgIpc) is 3.14. The van der Waals surface area contributed by atoms with Crippen molar-refractivity contribution in [2.45, 2.75) is 4.90 Å². The van der Waals surface area contributed by atoms with Crippen LogP contribution in [0.25, 0.3) is 6.08 Å². The van der Waals surface area contributed by atoms with Gasteiger partial charge in [0.05, 0.1) is 23.0 Å². The second-order valence-electron chi connectivity index (χ2n) is 7.54. The fourth-order valence-corrected chi connectivity index (χ4v) is 5.74. The Balaban J connectivity index is 1.41. The van der Waals surface area contributed by atoms with Crippen LogP contribution in [0.5, 0.6) is 17.2 Å². The Morgan fingerprint density at radius 3 is 2.32 bits per heavy atom. The van der Waals surface area contributed by atoms with Gasteiger partial charge in [-0.1, -0.05) is 17.7 Å². The van der Waals surface area contributed by atoms with Crippen LogP contribution >= 0.6 is 39.3 Å². The third kappa shape index (κ3) is 6.67. The van der Waals surface area contributed by atoms with E-state index in [4.69, 9.17) is 25.3 Å².